The van der Waals surface area contributed by atoms with Gasteiger partial charge in [-0.2, -0.15) is 5.26 Å². The van der Waals surface area contributed by atoms with Gasteiger partial charge in [-0.3, -0.25) is 14.5 Å². The molecule has 1 aliphatic heterocycles. The molecule has 1 atom stereocenters. The average molecular weight is 472 g/mol. The highest BCUT2D eigenvalue weighted by molar-refractivity contribution is 8.05. The molecule has 0 unspecified atom stereocenters. The topological polar surface area (TPSA) is 73.2 Å². The fourth-order valence-electron chi connectivity index (χ4n) is 3.58. The molecule has 5 nitrogen and oxygen atoms in total. The lowest BCUT2D eigenvalue weighted by Crippen LogP contribution is -2.30. The van der Waals surface area contributed by atoms with Gasteiger partial charge < -0.3 is 5.32 Å². The van der Waals surface area contributed by atoms with Crippen molar-refractivity contribution in [1.29, 1.82) is 5.26 Å². The second kappa shape index (κ2) is 9.94. The molecule has 3 aromatic carbocycles. The molecule has 0 aliphatic carbocycles. The van der Waals surface area contributed by atoms with Gasteiger partial charge in [-0.25, -0.2) is 4.39 Å². The van der Waals surface area contributed by atoms with E-state index >= 15 is 0 Å². The number of halogens is 1. The number of nitriles is 1. The SMILES string of the molecule is Cc1ccc(C[C@H]2S/C(=C(\C#N)C(=O)Nc3ccc(F)cc3)N(c3ccc(C)cc3)C2=O)cc1. The molecule has 1 aliphatic rings. The van der Waals surface area contributed by atoms with Crippen molar-refractivity contribution < 1.29 is 14.0 Å². The van der Waals surface area contributed by atoms with Crippen molar-refractivity contribution in [2.24, 2.45) is 0 Å². The maximum atomic E-state index is 13.5. The van der Waals surface area contributed by atoms with Crippen molar-refractivity contribution in [2.45, 2.75) is 25.5 Å². The van der Waals surface area contributed by atoms with Crippen molar-refractivity contribution in [3.63, 3.8) is 0 Å². The van der Waals surface area contributed by atoms with Gasteiger partial charge in [-0.15, -0.1) is 0 Å². The van der Waals surface area contributed by atoms with Gasteiger partial charge in [-0.1, -0.05) is 59.3 Å². The van der Waals surface area contributed by atoms with E-state index < -0.39 is 17.0 Å². The maximum absolute atomic E-state index is 13.5. The highest BCUT2D eigenvalue weighted by Gasteiger charge is 2.40. The van der Waals surface area contributed by atoms with Crippen LogP contribution in [0.4, 0.5) is 15.8 Å². The number of hydrogen-bond donors (Lipinski definition) is 1. The Morgan fingerprint density at radius 3 is 2.18 bits per heavy atom. The fourth-order valence-corrected chi connectivity index (χ4v) is 4.89. The Balaban J connectivity index is 1.71. The van der Waals surface area contributed by atoms with E-state index in [0.29, 0.717) is 17.8 Å². The Hall–Kier alpha value is -3.89. The first kappa shape index (κ1) is 23.3. The van der Waals surface area contributed by atoms with Crippen LogP contribution < -0.4 is 10.2 Å². The van der Waals surface area contributed by atoms with Crippen molar-refractivity contribution in [2.75, 3.05) is 10.2 Å². The van der Waals surface area contributed by atoms with Gasteiger partial charge in [0.1, 0.15) is 22.5 Å². The molecule has 0 bridgehead atoms. The quantitative estimate of drug-likeness (QED) is 0.394. The minimum absolute atomic E-state index is 0.172. The van der Waals surface area contributed by atoms with Crippen molar-refractivity contribution >= 4 is 35.0 Å². The molecule has 2 amide bonds. The lowest BCUT2D eigenvalue weighted by molar-refractivity contribution is -0.117. The number of rotatable bonds is 5. The van der Waals surface area contributed by atoms with Gasteiger partial charge in [0.05, 0.1) is 5.25 Å². The monoisotopic (exact) mass is 471 g/mol. The Morgan fingerprint density at radius 1 is 1.00 bits per heavy atom. The smallest absolute Gasteiger partial charge is 0.269 e. The Morgan fingerprint density at radius 2 is 1.59 bits per heavy atom. The first-order valence-corrected chi connectivity index (χ1v) is 11.6. The lowest BCUT2D eigenvalue weighted by Gasteiger charge is -2.19. The first-order chi connectivity index (χ1) is 16.4. The predicted molar refractivity (Wildman–Crippen MR) is 133 cm³/mol. The van der Waals surface area contributed by atoms with Crippen LogP contribution in [-0.4, -0.2) is 17.1 Å². The van der Waals surface area contributed by atoms with Crippen LogP contribution in [0.2, 0.25) is 0 Å². The Kier molecular flexibility index (Phi) is 6.80. The van der Waals surface area contributed by atoms with E-state index in [0.717, 1.165) is 16.7 Å². The number of aryl methyl sites for hydroxylation is 2. The van der Waals surface area contributed by atoms with E-state index in [-0.39, 0.29) is 16.5 Å². The minimum atomic E-state index is -0.655. The molecule has 1 saturated heterocycles. The van der Waals surface area contributed by atoms with Crippen molar-refractivity contribution in [1.82, 2.24) is 0 Å². The van der Waals surface area contributed by atoms with Crippen LogP contribution >= 0.6 is 11.8 Å². The van der Waals surface area contributed by atoms with Crippen LogP contribution in [0, 0.1) is 31.0 Å². The fraction of sp³-hybridized carbons (Fsp3) is 0.148. The van der Waals surface area contributed by atoms with Crippen LogP contribution in [0.3, 0.4) is 0 Å². The zero-order valence-electron chi connectivity index (χ0n) is 18.7. The van der Waals surface area contributed by atoms with E-state index in [9.17, 15) is 19.2 Å². The number of amides is 2. The minimum Gasteiger partial charge on any atom is -0.321 e. The van der Waals surface area contributed by atoms with Gasteiger partial charge >= 0.3 is 0 Å². The molecule has 1 fully saturated rings. The number of benzene rings is 3. The Bertz CT molecular complexity index is 1290. The predicted octanol–water partition coefficient (Wildman–Crippen LogP) is 5.51. The third-order valence-electron chi connectivity index (χ3n) is 5.44. The summed E-state index contributed by atoms with van der Waals surface area (Å²) in [5.74, 6) is -1.28. The molecule has 7 heteroatoms. The highest BCUT2D eigenvalue weighted by Crippen LogP contribution is 2.42. The summed E-state index contributed by atoms with van der Waals surface area (Å²) in [5.41, 5.74) is 3.92. The second-order valence-electron chi connectivity index (χ2n) is 8.06. The number of nitrogens with one attached hydrogen (secondary N) is 1. The zero-order valence-corrected chi connectivity index (χ0v) is 19.5. The lowest BCUT2D eigenvalue weighted by atomic mass is 10.1. The van der Waals surface area contributed by atoms with E-state index in [1.165, 1.54) is 40.9 Å². The molecule has 4 rings (SSSR count). The molecule has 0 spiro atoms. The summed E-state index contributed by atoms with van der Waals surface area (Å²) >= 11 is 1.21. The summed E-state index contributed by atoms with van der Waals surface area (Å²) in [4.78, 5) is 28.0. The number of hydrogen-bond acceptors (Lipinski definition) is 4. The number of carbonyl (C=O) groups is 2. The third kappa shape index (κ3) is 5.03. The standard InChI is InChI=1S/C27H22FN3O2S/c1-17-3-7-19(8-4-17)15-24-26(33)31(22-13-5-18(2)6-14-22)27(34-24)23(16-29)25(32)30-21-11-9-20(28)10-12-21/h3-14,24H,15H2,1-2H3,(H,30,32)/b27-23+/t24-/m1/s1. The molecule has 1 N–H and O–H groups in total. The molecular formula is C27H22FN3O2S. The summed E-state index contributed by atoms with van der Waals surface area (Å²) in [6.07, 6.45) is 0.466. The number of carbonyl (C=O) groups excluding carboxylic acids is 2. The van der Waals surface area contributed by atoms with E-state index in [1.807, 2.05) is 56.3 Å². The Labute approximate surface area is 201 Å². The normalized spacial score (nSPS) is 16.8. The van der Waals surface area contributed by atoms with Crippen LogP contribution in [0.25, 0.3) is 0 Å². The second-order valence-corrected chi connectivity index (χ2v) is 9.25. The number of nitrogens with zero attached hydrogens (tertiary/aromatic N) is 2. The summed E-state index contributed by atoms with van der Waals surface area (Å²) < 4.78 is 13.2. The van der Waals surface area contributed by atoms with E-state index in [4.69, 9.17) is 0 Å². The average Bonchev–Trinajstić information content (AvgIpc) is 3.13. The molecule has 0 radical (unpaired) electrons. The maximum Gasteiger partial charge on any atom is 0.269 e. The van der Waals surface area contributed by atoms with Gasteiger partial charge in [-0.05, 0) is 62.2 Å². The number of thioether (sulfide) groups is 1. The number of anilines is 2. The molecule has 0 aromatic heterocycles. The molecular weight excluding hydrogens is 449 g/mol. The van der Waals surface area contributed by atoms with Crippen LogP contribution in [0.5, 0.6) is 0 Å². The van der Waals surface area contributed by atoms with Gasteiger partial charge in [0.15, 0.2) is 0 Å². The summed E-state index contributed by atoms with van der Waals surface area (Å²) in [5, 5.41) is 12.3. The summed E-state index contributed by atoms with van der Waals surface area (Å²) in [6, 6.07) is 22.5. The van der Waals surface area contributed by atoms with Crippen LogP contribution in [0.1, 0.15) is 16.7 Å². The van der Waals surface area contributed by atoms with E-state index in [1.54, 1.807) is 12.1 Å². The highest BCUT2D eigenvalue weighted by atomic mass is 32.2. The van der Waals surface area contributed by atoms with Crippen LogP contribution in [0.15, 0.2) is 83.4 Å². The summed E-state index contributed by atoms with van der Waals surface area (Å²) in [7, 11) is 0. The van der Waals surface area contributed by atoms with E-state index in [2.05, 4.69) is 5.32 Å². The molecule has 170 valence electrons. The van der Waals surface area contributed by atoms with Gasteiger partial charge in [0.2, 0.25) is 5.91 Å². The summed E-state index contributed by atoms with van der Waals surface area (Å²) in [6.45, 7) is 3.94. The van der Waals surface area contributed by atoms with Gasteiger partial charge in [0.25, 0.3) is 5.91 Å². The zero-order chi connectivity index (χ0) is 24.2. The van der Waals surface area contributed by atoms with Crippen molar-refractivity contribution in [3.8, 4) is 6.07 Å². The molecule has 1 heterocycles. The first-order valence-electron chi connectivity index (χ1n) is 10.7. The molecule has 3 aromatic rings. The third-order valence-corrected chi connectivity index (χ3v) is 6.70. The van der Waals surface area contributed by atoms with Gasteiger partial charge in [0, 0.05) is 11.4 Å². The van der Waals surface area contributed by atoms with Crippen LogP contribution in [-0.2, 0) is 16.0 Å². The molecule has 0 saturated carbocycles. The van der Waals surface area contributed by atoms with Crippen molar-refractivity contribution in [3.05, 3.63) is 106 Å². The molecule has 34 heavy (non-hydrogen) atoms. The largest absolute Gasteiger partial charge is 0.321 e.